The molecule has 2 aromatic carbocycles. The number of phenolic OH excluding ortho intramolecular Hbond substituents is 1. The van der Waals surface area contributed by atoms with Crippen LogP contribution in [0.1, 0.15) is 18.1 Å². The Hall–Kier alpha value is -3.14. The van der Waals surface area contributed by atoms with E-state index in [1.165, 1.54) is 18.3 Å². The van der Waals surface area contributed by atoms with Crippen molar-refractivity contribution in [3.63, 3.8) is 0 Å². The number of halogens is 1. The predicted molar refractivity (Wildman–Crippen MR) is 106 cm³/mol. The molecule has 28 heavy (non-hydrogen) atoms. The van der Waals surface area contributed by atoms with E-state index < -0.39 is 17.4 Å². The van der Waals surface area contributed by atoms with Crippen LogP contribution in [0.15, 0.2) is 39.9 Å². The molecule has 148 valence electrons. The maximum Gasteiger partial charge on any atom is 0.311 e. The fourth-order valence-corrected chi connectivity index (χ4v) is 2.64. The Labute approximate surface area is 169 Å². The number of rotatable bonds is 8. The quantitative estimate of drug-likeness (QED) is 0.360. The van der Waals surface area contributed by atoms with Gasteiger partial charge in [0.25, 0.3) is 5.91 Å². The second-order valence-electron chi connectivity index (χ2n) is 5.59. The number of hydrazone groups is 1. The fourth-order valence-electron chi connectivity index (χ4n) is 2.18. The Morgan fingerprint density at radius 1 is 1.32 bits per heavy atom. The standard InChI is InChI=1S/C18H18BrN3O6/c1-3-27-16-8-12(7-13(19)18(16)24)9-20-21-17(23)10-28-15-5-4-11(2)6-14(15)22(25)26/h4-9,24H,3,10H2,1-2H3,(H,21,23)/b20-9+. The Morgan fingerprint density at radius 2 is 2.07 bits per heavy atom. The molecule has 10 heteroatoms. The van der Waals surface area contributed by atoms with Crippen molar-refractivity contribution in [3.8, 4) is 17.2 Å². The molecule has 0 aliphatic rings. The lowest BCUT2D eigenvalue weighted by Gasteiger charge is -2.08. The zero-order valence-electron chi connectivity index (χ0n) is 15.1. The molecule has 2 N–H and O–H groups in total. The molecular weight excluding hydrogens is 434 g/mol. The number of benzene rings is 2. The number of nitrogens with zero attached hydrogens (tertiary/aromatic N) is 2. The number of ether oxygens (including phenoxy) is 2. The van der Waals surface area contributed by atoms with Crippen LogP contribution in [0, 0.1) is 17.0 Å². The highest BCUT2D eigenvalue weighted by Crippen LogP contribution is 2.35. The Balaban J connectivity index is 1.97. The lowest BCUT2D eigenvalue weighted by atomic mass is 10.2. The van der Waals surface area contributed by atoms with Crippen molar-refractivity contribution in [1.29, 1.82) is 0 Å². The molecule has 0 spiro atoms. The van der Waals surface area contributed by atoms with E-state index in [2.05, 4.69) is 26.5 Å². The minimum Gasteiger partial charge on any atom is -0.503 e. The van der Waals surface area contributed by atoms with Crippen LogP contribution in [0.25, 0.3) is 0 Å². The van der Waals surface area contributed by atoms with Crippen molar-refractivity contribution in [1.82, 2.24) is 5.43 Å². The van der Waals surface area contributed by atoms with Gasteiger partial charge < -0.3 is 14.6 Å². The number of nitrogens with one attached hydrogen (secondary N) is 1. The molecule has 9 nitrogen and oxygen atoms in total. The first-order valence-electron chi connectivity index (χ1n) is 8.16. The van der Waals surface area contributed by atoms with E-state index in [1.807, 2.05) is 0 Å². The van der Waals surface area contributed by atoms with Crippen LogP contribution in [-0.4, -0.2) is 35.4 Å². The molecule has 0 fully saturated rings. The van der Waals surface area contributed by atoms with Gasteiger partial charge in [-0.3, -0.25) is 14.9 Å². The third-order valence-corrected chi connectivity index (χ3v) is 4.03. The van der Waals surface area contributed by atoms with Gasteiger partial charge in [-0.05, 0) is 59.1 Å². The number of phenols is 1. The van der Waals surface area contributed by atoms with Gasteiger partial charge in [-0.2, -0.15) is 5.10 Å². The summed E-state index contributed by atoms with van der Waals surface area (Å²) in [6.45, 7) is 3.44. The van der Waals surface area contributed by atoms with E-state index in [4.69, 9.17) is 9.47 Å². The van der Waals surface area contributed by atoms with Gasteiger partial charge >= 0.3 is 5.69 Å². The van der Waals surface area contributed by atoms with Gasteiger partial charge in [0.2, 0.25) is 0 Å². The first-order chi connectivity index (χ1) is 13.3. The number of carbonyl (C=O) groups excluding carboxylic acids is 1. The Morgan fingerprint density at radius 3 is 2.75 bits per heavy atom. The highest BCUT2D eigenvalue weighted by molar-refractivity contribution is 9.10. The second-order valence-corrected chi connectivity index (χ2v) is 6.45. The van der Waals surface area contributed by atoms with E-state index >= 15 is 0 Å². The highest BCUT2D eigenvalue weighted by atomic mass is 79.9. The number of carbonyl (C=O) groups is 1. The summed E-state index contributed by atoms with van der Waals surface area (Å²) in [6, 6.07) is 7.61. The summed E-state index contributed by atoms with van der Waals surface area (Å²) in [6.07, 6.45) is 1.36. The van der Waals surface area contributed by atoms with Gasteiger partial charge in [0.15, 0.2) is 23.9 Å². The van der Waals surface area contributed by atoms with E-state index in [9.17, 15) is 20.0 Å². The normalized spacial score (nSPS) is 10.7. The molecular formula is C18H18BrN3O6. The Bertz CT molecular complexity index is 916. The van der Waals surface area contributed by atoms with Crippen LogP contribution >= 0.6 is 15.9 Å². The summed E-state index contributed by atoms with van der Waals surface area (Å²) in [5.74, 6) is -0.344. The van der Waals surface area contributed by atoms with Gasteiger partial charge in [-0.25, -0.2) is 5.43 Å². The van der Waals surface area contributed by atoms with Crippen LogP contribution in [0.3, 0.4) is 0 Å². The number of amides is 1. The van der Waals surface area contributed by atoms with Gasteiger partial charge in [0, 0.05) is 6.07 Å². The number of nitro groups is 1. The SMILES string of the molecule is CCOc1cc(/C=N/NC(=O)COc2ccc(C)cc2[N+](=O)[O-])cc(Br)c1O. The number of hydrogen-bond donors (Lipinski definition) is 2. The molecule has 0 aliphatic heterocycles. The average Bonchev–Trinajstić information content (AvgIpc) is 2.64. The number of aryl methyl sites for hydroxylation is 1. The van der Waals surface area contributed by atoms with Crippen LogP contribution in [0.2, 0.25) is 0 Å². The third-order valence-electron chi connectivity index (χ3n) is 3.42. The lowest BCUT2D eigenvalue weighted by Crippen LogP contribution is -2.24. The van der Waals surface area contributed by atoms with Gasteiger partial charge in [0.05, 0.1) is 22.2 Å². The summed E-state index contributed by atoms with van der Waals surface area (Å²) < 4.78 is 10.9. The first-order valence-corrected chi connectivity index (χ1v) is 8.96. The van der Waals surface area contributed by atoms with Gasteiger partial charge in [0.1, 0.15) is 0 Å². The summed E-state index contributed by atoms with van der Waals surface area (Å²) >= 11 is 3.21. The van der Waals surface area contributed by atoms with Crippen molar-refractivity contribution in [2.24, 2.45) is 5.10 Å². The Kier molecular flexibility index (Phi) is 7.33. The predicted octanol–water partition coefficient (Wildman–Crippen LogP) is 3.30. The zero-order valence-corrected chi connectivity index (χ0v) is 16.7. The van der Waals surface area contributed by atoms with Crippen LogP contribution in [-0.2, 0) is 4.79 Å². The molecule has 0 unspecified atom stereocenters. The molecule has 0 saturated heterocycles. The smallest absolute Gasteiger partial charge is 0.311 e. The summed E-state index contributed by atoms with van der Waals surface area (Å²) in [5, 5.41) is 24.7. The van der Waals surface area contributed by atoms with E-state index in [0.29, 0.717) is 22.2 Å². The molecule has 0 atom stereocenters. The topological polar surface area (TPSA) is 123 Å². The van der Waals surface area contributed by atoms with Crippen molar-refractivity contribution in [3.05, 3.63) is 56.0 Å². The minimum atomic E-state index is -0.589. The fraction of sp³-hybridized carbons (Fsp3) is 0.222. The minimum absolute atomic E-state index is 0.00134. The van der Waals surface area contributed by atoms with Crippen molar-refractivity contribution in [2.45, 2.75) is 13.8 Å². The molecule has 0 radical (unpaired) electrons. The molecule has 0 heterocycles. The van der Waals surface area contributed by atoms with E-state index in [1.54, 1.807) is 32.0 Å². The van der Waals surface area contributed by atoms with E-state index in [-0.39, 0.29) is 22.9 Å². The average molecular weight is 452 g/mol. The third kappa shape index (κ3) is 5.68. The van der Waals surface area contributed by atoms with Gasteiger partial charge in [-0.1, -0.05) is 6.07 Å². The summed E-state index contributed by atoms with van der Waals surface area (Å²) in [7, 11) is 0. The van der Waals surface area contributed by atoms with Crippen molar-refractivity contribution >= 4 is 33.7 Å². The maximum absolute atomic E-state index is 11.9. The molecule has 0 saturated carbocycles. The molecule has 0 aromatic heterocycles. The zero-order chi connectivity index (χ0) is 20.7. The van der Waals surface area contributed by atoms with Gasteiger partial charge in [-0.15, -0.1) is 0 Å². The molecule has 0 aliphatic carbocycles. The monoisotopic (exact) mass is 451 g/mol. The number of hydrogen-bond acceptors (Lipinski definition) is 7. The molecule has 0 bridgehead atoms. The largest absolute Gasteiger partial charge is 0.503 e. The molecule has 2 rings (SSSR count). The molecule has 2 aromatic rings. The van der Waals surface area contributed by atoms with E-state index in [0.717, 1.165) is 0 Å². The van der Waals surface area contributed by atoms with Crippen LogP contribution in [0.4, 0.5) is 5.69 Å². The maximum atomic E-state index is 11.9. The summed E-state index contributed by atoms with van der Waals surface area (Å²) in [4.78, 5) is 22.3. The van der Waals surface area contributed by atoms with Crippen molar-refractivity contribution < 1.29 is 24.3 Å². The van der Waals surface area contributed by atoms with Crippen LogP contribution in [0.5, 0.6) is 17.2 Å². The number of nitro benzene ring substituents is 1. The number of aromatic hydroxyl groups is 1. The summed E-state index contributed by atoms with van der Waals surface area (Å²) in [5.41, 5.74) is 3.33. The lowest BCUT2D eigenvalue weighted by molar-refractivity contribution is -0.385. The first kappa shape index (κ1) is 21.2. The van der Waals surface area contributed by atoms with Crippen LogP contribution < -0.4 is 14.9 Å². The highest BCUT2D eigenvalue weighted by Gasteiger charge is 2.16. The van der Waals surface area contributed by atoms with Crippen molar-refractivity contribution in [2.75, 3.05) is 13.2 Å². The molecule has 1 amide bonds. The second kappa shape index (κ2) is 9.70.